The fourth-order valence-corrected chi connectivity index (χ4v) is 27.6. The fourth-order valence-electron chi connectivity index (χ4n) is 13.9. The number of hydrogen-bond donors (Lipinski definition) is 0. The molecule has 8 rings (SSSR count). The summed E-state index contributed by atoms with van der Waals surface area (Å²) in [6.07, 6.45) is 17.0. The van der Waals surface area contributed by atoms with Gasteiger partial charge in [-0.2, -0.15) is 0 Å². The van der Waals surface area contributed by atoms with Crippen molar-refractivity contribution < 1.29 is 12.7 Å². The minimum absolute atomic E-state index is 0.137. The molecule has 216 valence electrons. The van der Waals surface area contributed by atoms with Crippen LogP contribution in [0, 0.1) is 71.0 Å². The van der Waals surface area contributed by atoms with Crippen LogP contribution in [0.2, 0.25) is 55.9 Å². The second-order valence-electron chi connectivity index (χ2n) is 16.7. The minimum Gasteiger partial charge on any atom is -0.435 e. The van der Waals surface area contributed by atoms with Gasteiger partial charge in [0.05, 0.1) is 0 Å². The second-order valence-corrected chi connectivity index (χ2v) is 29.4. The van der Waals surface area contributed by atoms with E-state index in [1.165, 1.54) is 32.1 Å². The number of rotatable bonds is 8. The van der Waals surface area contributed by atoms with Crippen molar-refractivity contribution in [2.24, 2.45) is 71.0 Å². The van der Waals surface area contributed by atoms with Crippen LogP contribution in [0.3, 0.4) is 0 Å². The molecule has 0 saturated heterocycles. The molecule has 8 aliphatic rings. The lowest BCUT2D eigenvalue weighted by Gasteiger charge is -2.45. The molecule has 16 atom stereocenters. The van der Waals surface area contributed by atoms with E-state index in [2.05, 4.69) is 51.4 Å². The van der Waals surface area contributed by atoms with E-state index in [0.717, 1.165) is 82.1 Å². The van der Waals surface area contributed by atoms with E-state index in [9.17, 15) is 0 Å². The average Bonchev–Trinajstić information content (AvgIpc) is 3.71. The second kappa shape index (κ2) is 9.25. The first-order valence-electron chi connectivity index (χ1n) is 16.8. The van der Waals surface area contributed by atoms with E-state index in [1.807, 2.05) is 7.11 Å². The van der Waals surface area contributed by atoms with E-state index in [-0.39, 0.29) is 8.80 Å². The van der Waals surface area contributed by atoms with Gasteiger partial charge in [0.15, 0.2) is 8.32 Å². The zero-order valence-electron chi connectivity index (χ0n) is 25.7. The van der Waals surface area contributed by atoms with Crippen LogP contribution in [0.4, 0.5) is 0 Å². The van der Waals surface area contributed by atoms with Crippen molar-refractivity contribution in [1.82, 2.24) is 0 Å². The lowest BCUT2D eigenvalue weighted by atomic mass is 9.72. The molecule has 39 heavy (non-hydrogen) atoms. The Morgan fingerprint density at radius 1 is 0.667 bits per heavy atom. The highest BCUT2D eigenvalue weighted by molar-refractivity contribution is 6.81. The van der Waals surface area contributed by atoms with Gasteiger partial charge in [-0.1, -0.05) is 25.2 Å². The quantitative estimate of drug-likeness (QED) is 0.209. The van der Waals surface area contributed by atoms with Gasteiger partial charge in [0.25, 0.3) is 0 Å². The first-order valence-corrected chi connectivity index (χ1v) is 26.6. The molecule has 0 N–H and O–H groups in total. The molecule has 2 radical (unpaired) electrons. The van der Waals surface area contributed by atoms with Crippen LogP contribution >= 0.6 is 0 Å². The summed E-state index contributed by atoms with van der Waals surface area (Å²) in [5, 5.41) is 0. The highest BCUT2D eigenvalue weighted by Gasteiger charge is 2.69. The smallest absolute Gasteiger partial charge is 0.360 e. The molecule has 0 amide bonds. The summed E-state index contributed by atoms with van der Waals surface area (Å²) < 4.78 is 20.9. The van der Waals surface area contributed by atoms with Crippen LogP contribution in [-0.4, -0.2) is 42.1 Å². The first kappa shape index (κ1) is 27.1. The van der Waals surface area contributed by atoms with Crippen molar-refractivity contribution >= 4 is 35.0 Å². The predicted molar refractivity (Wildman–Crippen MR) is 167 cm³/mol. The fraction of sp³-hybridized carbons (Fsp3) is 0.938. The normalized spacial score (nSPS) is 53.8. The molecule has 7 saturated carbocycles. The number of fused-ring (bicyclic) bond motifs is 16. The summed E-state index contributed by atoms with van der Waals surface area (Å²) in [5.74, 6) is 11.9. The molecule has 16 unspecified atom stereocenters. The highest BCUT2D eigenvalue weighted by Crippen LogP contribution is 2.75. The van der Waals surface area contributed by atoms with Crippen molar-refractivity contribution in [1.29, 1.82) is 0 Å². The highest BCUT2D eigenvalue weighted by atomic mass is 28.5. The van der Waals surface area contributed by atoms with Gasteiger partial charge in [-0.15, -0.1) is 0 Å². The zero-order valence-corrected chi connectivity index (χ0v) is 29.7. The maximum absolute atomic E-state index is 7.18. The summed E-state index contributed by atoms with van der Waals surface area (Å²) in [6, 6.07) is 0. The van der Waals surface area contributed by atoms with E-state index < -0.39 is 26.2 Å². The van der Waals surface area contributed by atoms with Gasteiger partial charge in [-0.05, 0) is 160 Å². The van der Waals surface area contributed by atoms with E-state index in [1.54, 1.807) is 19.3 Å². The largest absolute Gasteiger partial charge is 0.435 e. The van der Waals surface area contributed by atoms with Crippen molar-refractivity contribution in [3.8, 4) is 0 Å². The Balaban J connectivity index is 0.953. The summed E-state index contributed by atoms with van der Waals surface area (Å²) in [6.45, 7) is 15.0. The maximum atomic E-state index is 7.18. The Kier molecular flexibility index (Phi) is 6.42. The molecule has 0 spiro atoms. The van der Waals surface area contributed by atoms with Gasteiger partial charge < -0.3 is 12.7 Å². The third kappa shape index (κ3) is 3.84. The summed E-state index contributed by atoms with van der Waals surface area (Å²) in [5.41, 5.74) is 2.63. The Morgan fingerprint density at radius 3 is 2.15 bits per heavy atom. The van der Waals surface area contributed by atoms with Gasteiger partial charge in [-0.3, -0.25) is 0 Å². The van der Waals surface area contributed by atoms with Crippen LogP contribution in [0.15, 0.2) is 12.2 Å². The first-order chi connectivity index (χ1) is 18.6. The monoisotopic (exact) mass is 598 g/mol. The predicted octanol–water partition coefficient (Wildman–Crippen LogP) is 8.11. The standard InChI is InChI=1S/C32H54O3Si4/c1-33-39(7,35-37(4)34-38(5,6)29-15-18-11-25(29)22-10-8-9-21(18)22)30-16-19-12-27(30)32-23(19)17-26-24-13-20(31(26)32)14-28(24)36(2)3/h8,10,18-32H,9,11-17H2,1-7H3. The Hall–Kier alpha value is 0.488. The Bertz CT molecular complexity index is 1020. The molecule has 7 fully saturated rings. The van der Waals surface area contributed by atoms with Crippen LogP contribution in [0.25, 0.3) is 0 Å². The van der Waals surface area contributed by atoms with E-state index >= 15 is 0 Å². The van der Waals surface area contributed by atoms with Gasteiger partial charge in [0.1, 0.15) is 0 Å². The molecule has 0 heterocycles. The Morgan fingerprint density at radius 2 is 1.38 bits per heavy atom. The van der Waals surface area contributed by atoms with Gasteiger partial charge in [0, 0.05) is 21.4 Å². The summed E-state index contributed by atoms with van der Waals surface area (Å²) in [4.78, 5) is 0. The van der Waals surface area contributed by atoms with Crippen molar-refractivity contribution in [2.75, 3.05) is 7.11 Å². The van der Waals surface area contributed by atoms with E-state index in [0.29, 0.717) is 5.54 Å². The van der Waals surface area contributed by atoms with Crippen LogP contribution in [0.1, 0.15) is 51.4 Å². The molecule has 0 aromatic carbocycles. The zero-order chi connectivity index (χ0) is 27.0. The SMILES string of the molecule is CO[Si](C)(O[Si](C)O[Si](C)(C)C1CC2CC1C1C=CCC21)C1CC2CC1C1C2CC2C3CC(CC3[Si](C)C)C21. The molecule has 0 aliphatic heterocycles. The lowest BCUT2D eigenvalue weighted by Crippen LogP contribution is -2.53. The Labute approximate surface area is 244 Å². The minimum atomic E-state index is -2.30. The summed E-state index contributed by atoms with van der Waals surface area (Å²) in [7, 11) is -3.60. The van der Waals surface area contributed by atoms with Gasteiger partial charge >= 0.3 is 17.8 Å². The topological polar surface area (TPSA) is 27.7 Å². The maximum Gasteiger partial charge on any atom is 0.360 e. The number of allylic oxidation sites excluding steroid dienone is 2. The summed E-state index contributed by atoms with van der Waals surface area (Å²) >= 11 is 0. The molecule has 7 heteroatoms. The molecular weight excluding hydrogens is 545 g/mol. The molecular formula is C32H54O3Si4. The molecule has 8 aliphatic carbocycles. The van der Waals surface area contributed by atoms with Crippen LogP contribution in [0.5, 0.6) is 0 Å². The van der Waals surface area contributed by atoms with Crippen molar-refractivity contribution in [2.45, 2.75) is 107 Å². The molecule has 0 aromatic heterocycles. The van der Waals surface area contributed by atoms with Crippen molar-refractivity contribution in [3.63, 3.8) is 0 Å². The van der Waals surface area contributed by atoms with Gasteiger partial charge in [-0.25, -0.2) is 0 Å². The lowest BCUT2D eigenvalue weighted by molar-refractivity contribution is 0.137. The molecule has 3 nitrogen and oxygen atoms in total. The van der Waals surface area contributed by atoms with Crippen molar-refractivity contribution in [3.05, 3.63) is 12.2 Å². The third-order valence-electron chi connectivity index (χ3n) is 14.9. The molecule has 0 aromatic rings. The number of hydrogen-bond acceptors (Lipinski definition) is 3. The molecule has 6 bridgehead atoms. The third-order valence-corrected chi connectivity index (χ3v) is 28.4. The van der Waals surface area contributed by atoms with Gasteiger partial charge in [0.2, 0.25) is 0 Å². The van der Waals surface area contributed by atoms with Crippen LogP contribution in [-0.2, 0) is 12.7 Å². The van der Waals surface area contributed by atoms with Crippen LogP contribution < -0.4 is 0 Å². The average molecular weight is 599 g/mol. The van der Waals surface area contributed by atoms with E-state index in [4.69, 9.17) is 12.7 Å².